The largest absolute Gasteiger partial charge is 0.493 e. The zero-order chi connectivity index (χ0) is 19.6. The van der Waals surface area contributed by atoms with Gasteiger partial charge in [0.05, 0.1) is 26.9 Å². The molecule has 1 amide bonds. The third kappa shape index (κ3) is 6.03. The van der Waals surface area contributed by atoms with Crippen LogP contribution in [0.15, 0.2) is 47.6 Å². The number of carbonyl (C=O) groups excluding carboxylic acids is 1. The summed E-state index contributed by atoms with van der Waals surface area (Å²) in [5, 5.41) is 12.6. The van der Waals surface area contributed by atoms with Gasteiger partial charge in [-0.1, -0.05) is 18.2 Å². The maximum atomic E-state index is 12.1. The van der Waals surface area contributed by atoms with E-state index in [1.54, 1.807) is 42.5 Å². The Morgan fingerprint density at radius 3 is 2.52 bits per heavy atom. The normalized spacial score (nSPS) is 10.4. The second-order valence-corrected chi connectivity index (χ2v) is 5.38. The minimum Gasteiger partial charge on any atom is -0.493 e. The first kappa shape index (κ1) is 19.8. The lowest BCUT2D eigenvalue weighted by atomic mass is 10.1. The molecule has 0 heterocycles. The molecular formula is C19H20N2O6. The van der Waals surface area contributed by atoms with Crippen molar-refractivity contribution in [2.45, 2.75) is 6.42 Å². The molecule has 0 unspecified atom stereocenters. The standard InChI is InChI=1S/C19H20N2O6/c1-25-16-8-7-13(9-17(16)26-2)10-18(22)21-20-11-14-5-3-4-6-15(14)27-12-19(23)24/h3-9,11H,10,12H2,1-2H3,(H,21,22)(H,23,24)/b20-11+. The number of benzene rings is 2. The second-order valence-electron chi connectivity index (χ2n) is 5.38. The predicted molar refractivity (Wildman–Crippen MR) is 98.6 cm³/mol. The summed E-state index contributed by atoms with van der Waals surface area (Å²) in [5.74, 6) is 0.0821. The van der Waals surface area contributed by atoms with Crippen molar-refractivity contribution in [1.29, 1.82) is 0 Å². The number of aliphatic carboxylic acids is 1. The summed E-state index contributed by atoms with van der Waals surface area (Å²) < 4.78 is 15.5. The van der Waals surface area contributed by atoms with Crippen LogP contribution in [0.2, 0.25) is 0 Å². The number of para-hydroxylation sites is 1. The molecule has 0 radical (unpaired) electrons. The number of hydrogen-bond donors (Lipinski definition) is 2. The molecule has 2 N–H and O–H groups in total. The molecule has 0 aliphatic heterocycles. The van der Waals surface area contributed by atoms with Gasteiger partial charge in [-0.25, -0.2) is 10.2 Å². The molecule has 0 aromatic heterocycles. The third-order valence-corrected chi connectivity index (χ3v) is 3.48. The van der Waals surface area contributed by atoms with Gasteiger partial charge in [0.2, 0.25) is 5.91 Å². The van der Waals surface area contributed by atoms with Gasteiger partial charge < -0.3 is 19.3 Å². The number of methoxy groups -OCH3 is 2. The lowest BCUT2D eigenvalue weighted by molar-refractivity contribution is -0.139. The highest BCUT2D eigenvalue weighted by atomic mass is 16.5. The van der Waals surface area contributed by atoms with Crippen LogP contribution in [0.3, 0.4) is 0 Å². The molecule has 0 aliphatic rings. The van der Waals surface area contributed by atoms with E-state index in [4.69, 9.17) is 19.3 Å². The summed E-state index contributed by atoms with van der Waals surface area (Å²) >= 11 is 0. The maximum absolute atomic E-state index is 12.1. The zero-order valence-electron chi connectivity index (χ0n) is 15.0. The molecule has 0 saturated heterocycles. The summed E-state index contributed by atoms with van der Waals surface area (Å²) in [6, 6.07) is 12.0. The van der Waals surface area contributed by atoms with Crippen molar-refractivity contribution in [3.05, 3.63) is 53.6 Å². The molecule has 0 aliphatic carbocycles. The second kappa shape index (κ2) is 9.81. The number of amides is 1. The molecule has 0 fully saturated rings. The first-order valence-electron chi connectivity index (χ1n) is 8.00. The molecule has 2 aromatic carbocycles. The number of nitrogens with zero attached hydrogens (tertiary/aromatic N) is 1. The van der Waals surface area contributed by atoms with Crippen LogP contribution in [-0.2, 0) is 16.0 Å². The number of hydrogen-bond acceptors (Lipinski definition) is 6. The van der Waals surface area contributed by atoms with E-state index in [9.17, 15) is 9.59 Å². The van der Waals surface area contributed by atoms with E-state index in [-0.39, 0.29) is 12.3 Å². The van der Waals surface area contributed by atoms with Gasteiger partial charge in [-0.2, -0.15) is 5.10 Å². The molecule has 8 nitrogen and oxygen atoms in total. The fraction of sp³-hybridized carbons (Fsp3) is 0.211. The smallest absolute Gasteiger partial charge is 0.341 e. The topological polar surface area (TPSA) is 106 Å². The Labute approximate surface area is 156 Å². The summed E-state index contributed by atoms with van der Waals surface area (Å²) in [5.41, 5.74) is 3.71. The van der Waals surface area contributed by atoms with Crippen molar-refractivity contribution in [3.8, 4) is 17.2 Å². The fourth-order valence-electron chi connectivity index (χ4n) is 2.25. The number of carboxylic acid groups (broad SMARTS) is 1. The van der Waals surface area contributed by atoms with Crippen LogP contribution in [0.1, 0.15) is 11.1 Å². The number of hydrazone groups is 1. The van der Waals surface area contributed by atoms with Crippen molar-refractivity contribution in [2.24, 2.45) is 5.10 Å². The molecule has 0 saturated carbocycles. The molecule has 0 spiro atoms. The van der Waals surface area contributed by atoms with Gasteiger partial charge >= 0.3 is 5.97 Å². The summed E-state index contributed by atoms with van der Waals surface area (Å²) in [7, 11) is 3.06. The van der Waals surface area contributed by atoms with Crippen LogP contribution >= 0.6 is 0 Å². The summed E-state index contributed by atoms with van der Waals surface area (Å²) in [4.78, 5) is 22.7. The van der Waals surface area contributed by atoms with E-state index in [1.807, 2.05) is 0 Å². The number of carboxylic acids is 1. The Bertz CT molecular complexity index is 835. The zero-order valence-corrected chi connectivity index (χ0v) is 15.0. The van der Waals surface area contributed by atoms with Gasteiger partial charge in [0.1, 0.15) is 5.75 Å². The number of carbonyl (C=O) groups is 2. The first-order chi connectivity index (χ1) is 13.0. The summed E-state index contributed by atoms with van der Waals surface area (Å²) in [6.07, 6.45) is 1.50. The monoisotopic (exact) mass is 372 g/mol. The van der Waals surface area contributed by atoms with Gasteiger partial charge in [0.25, 0.3) is 0 Å². The Kier molecular flexibility index (Phi) is 7.18. The molecule has 27 heavy (non-hydrogen) atoms. The highest BCUT2D eigenvalue weighted by Crippen LogP contribution is 2.27. The van der Waals surface area contributed by atoms with E-state index in [2.05, 4.69) is 10.5 Å². The van der Waals surface area contributed by atoms with Crippen LogP contribution in [0.25, 0.3) is 0 Å². The predicted octanol–water partition coefficient (Wildman–Crippen LogP) is 1.86. The van der Waals surface area contributed by atoms with Gasteiger partial charge in [-0.3, -0.25) is 4.79 Å². The Morgan fingerprint density at radius 2 is 1.81 bits per heavy atom. The lowest BCUT2D eigenvalue weighted by Gasteiger charge is -2.09. The van der Waals surface area contributed by atoms with Gasteiger partial charge in [-0.05, 0) is 29.8 Å². The van der Waals surface area contributed by atoms with E-state index in [1.165, 1.54) is 20.4 Å². The Hall–Kier alpha value is -3.55. The van der Waals surface area contributed by atoms with Crippen molar-refractivity contribution in [2.75, 3.05) is 20.8 Å². The van der Waals surface area contributed by atoms with Gasteiger partial charge in [0, 0.05) is 5.56 Å². The van der Waals surface area contributed by atoms with Crippen LogP contribution < -0.4 is 19.6 Å². The van der Waals surface area contributed by atoms with Crippen molar-refractivity contribution < 1.29 is 28.9 Å². The molecule has 142 valence electrons. The molecule has 2 rings (SSSR count). The van der Waals surface area contributed by atoms with E-state index < -0.39 is 12.6 Å². The number of rotatable bonds is 9. The van der Waals surface area contributed by atoms with E-state index in [0.29, 0.717) is 22.8 Å². The maximum Gasteiger partial charge on any atom is 0.341 e. The van der Waals surface area contributed by atoms with Gasteiger partial charge in [-0.15, -0.1) is 0 Å². The van der Waals surface area contributed by atoms with Gasteiger partial charge in [0.15, 0.2) is 18.1 Å². The van der Waals surface area contributed by atoms with Crippen LogP contribution in [-0.4, -0.2) is 44.0 Å². The van der Waals surface area contributed by atoms with Crippen LogP contribution in [0, 0.1) is 0 Å². The molecule has 8 heteroatoms. The average Bonchev–Trinajstić information content (AvgIpc) is 2.67. The quantitative estimate of drug-likeness (QED) is 0.514. The number of nitrogens with one attached hydrogen (secondary N) is 1. The first-order valence-corrected chi connectivity index (χ1v) is 8.00. The molecule has 0 atom stereocenters. The van der Waals surface area contributed by atoms with E-state index >= 15 is 0 Å². The average molecular weight is 372 g/mol. The molecule has 0 bridgehead atoms. The highest BCUT2D eigenvalue weighted by Gasteiger charge is 2.08. The molecule has 2 aromatic rings. The van der Waals surface area contributed by atoms with Crippen LogP contribution in [0.4, 0.5) is 0 Å². The Morgan fingerprint density at radius 1 is 1.07 bits per heavy atom. The minimum absolute atomic E-state index is 0.106. The molecular weight excluding hydrogens is 352 g/mol. The highest BCUT2D eigenvalue weighted by molar-refractivity contribution is 5.86. The SMILES string of the molecule is COc1ccc(CC(=O)N/N=C/c2ccccc2OCC(=O)O)cc1OC. The van der Waals surface area contributed by atoms with Crippen LogP contribution in [0.5, 0.6) is 17.2 Å². The minimum atomic E-state index is -1.08. The van der Waals surface area contributed by atoms with Crippen molar-refractivity contribution >= 4 is 18.1 Å². The Balaban J connectivity index is 1.97. The van der Waals surface area contributed by atoms with E-state index in [0.717, 1.165) is 5.56 Å². The fourth-order valence-corrected chi connectivity index (χ4v) is 2.25. The number of ether oxygens (including phenoxy) is 3. The van der Waals surface area contributed by atoms with Crippen molar-refractivity contribution in [1.82, 2.24) is 5.43 Å². The van der Waals surface area contributed by atoms with Crippen molar-refractivity contribution in [3.63, 3.8) is 0 Å². The lowest BCUT2D eigenvalue weighted by Crippen LogP contribution is -2.20. The summed E-state index contributed by atoms with van der Waals surface area (Å²) in [6.45, 7) is -0.462. The third-order valence-electron chi connectivity index (χ3n) is 3.48.